The lowest BCUT2D eigenvalue weighted by Gasteiger charge is -2.34. The summed E-state index contributed by atoms with van der Waals surface area (Å²) in [5, 5.41) is 23.9. The van der Waals surface area contributed by atoms with Crippen LogP contribution in [0.4, 0.5) is 10.5 Å². The Hall–Kier alpha value is -4.00. The molecule has 0 aromatic heterocycles. The van der Waals surface area contributed by atoms with Crippen LogP contribution in [-0.2, 0) is 9.53 Å². The van der Waals surface area contributed by atoms with Gasteiger partial charge in [0.2, 0.25) is 0 Å². The second kappa shape index (κ2) is 10.7. The number of ether oxygens (including phenoxy) is 2. The maximum absolute atomic E-state index is 13.0. The third kappa shape index (κ3) is 6.07. The largest absolute Gasteiger partial charge is 0.504 e. The number of fused-ring (bicyclic) bond motifs is 1. The molecule has 0 fully saturated rings. The topological polar surface area (TPSA) is 105 Å². The van der Waals surface area contributed by atoms with E-state index in [4.69, 9.17) is 14.6 Å². The summed E-state index contributed by atoms with van der Waals surface area (Å²) in [4.78, 5) is 23.8. The Bertz CT molecular complexity index is 1200. The number of phenolic OH excluding ortho intramolecular Hbond substituents is 1. The van der Waals surface area contributed by atoms with Crippen molar-refractivity contribution in [3.63, 3.8) is 0 Å². The van der Waals surface area contributed by atoms with E-state index in [1.807, 2.05) is 50.2 Å². The summed E-state index contributed by atoms with van der Waals surface area (Å²) in [6.45, 7) is 3.86. The number of carbonyl (C=O) groups is 2. The van der Waals surface area contributed by atoms with E-state index in [2.05, 4.69) is 5.32 Å². The van der Waals surface area contributed by atoms with Crippen LogP contribution in [0.2, 0.25) is 0 Å². The van der Waals surface area contributed by atoms with Gasteiger partial charge in [-0.25, -0.2) is 9.59 Å². The number of carboxylic acid groups (broad SMARTS) is 1. The highest BCUT2D eigenvalue weighted by molar-refractivity contribution is 6.00. The average Bonchev–Trinajstić information content (AvgIpc) is 2.80. The second-order valence-electron chi connectivity index (χ2n) is 8.64. The van der Waals surface area contributed by atoms with Gasteiger partial charge >= 0.3 is 12.1 Å². The molecule has 7 nitrogen and oxygen atoms in total. The van der Waals surface area contributed by atoms with Gasteiger partial charge in [-0.1, -0.05) is 62.4 Å². The van der Waals surface area contributed by atoms with Crippen molar-refractivity contribution in [2.45, 2.75) is 32.8 Å². The summed E-state index contributed by atoms with van der Waals surface area (Å²) >= 11 is 0. The van der Waals surface area contributed by atoms with Crippen LogP contribution in [0.25, 0.3) is 10.8 Å². The highest BCUT2D eigenvalue weighted by Gasteiger charge is 2.34. The van der Waals surface area contributed by atoms with Crippen LogP contribution in [0.1, 0.15) is 38.4 Å². The van der Waals surface area contributed by atoms with E-state index in [0.717, 1.165) is 16.8 Å². The van der Waals surface area contributed by atoms with Gasteiger partial charge in [-0.2, -0.15) is 0 Å². The zero-order chi connectivity index (χ0) is 24.7. The summed E-state index contributed by atoms with van der Waals surface area (Å²) in [6, 6.07) is 18.2. The maximum atomic E-state index is 13.0. The number of hydrogen-bond donors (Lipinski definition) is 3. The number of allylic oxidation sites excluding steroid dienone is 1. The van der Waals surface area contributed by atoms with E-state index in [1.54, 1.807) is 24.3 Å². The van der Waals surface area contributed by atoms with Crippen LogP contribution in [0.15, 0.2) is 72.8 Å². The van der Waals surface area contributed by atoms with E-state index in [0.29, 0.717) is 29.8 Å². The molecule has 3 aromatic carbocycles. The highest BCUT2D eigenvalue weighted by atomic mass is 16.6. The predicted octanol–water partition coefficient (Wildman–Crippen LogP) is 6.29. The molecule has 0 aliphatic rings. The third-order valence-corrected chi connectivity index (χ3v) is 5.68. The van der Waals surface area contributed by atoms with E-state index < -0.39 is 23.6 Å². The minimum Gasteiger partial charge on any atom is -0.504 e. The Morgan fingerprint density at radius 1 is 1.09 bits per heavy atom. The lowest BCUT2D eigenvalue weighted by Crippen LogP contribution is -2.29. The van der Waals surface area contributed by atoms with Gasteiger partial charge in [0.1, 0.15) is 6.10 Å². The van der Waals surface area contributed by atoms with Gasteiger partial charge in [0, 0.05) is 16.9 Å². The number of anilines is 1. The van der Waals surface area contributed by atoms with E-state index in [-0.39, 0.29) is 5.75 Å². The molecular formula is C27H29NO6. The van der Waals surface area contributed by atoms with Crippen LogP contribution >= 0.6 is 0 Å². The number of methoxy groups -OCH3 is 1. The molecule has 0 unspecified atom stereocenters. The molecule has 1 amide bonds. The monoisotopic (exact) mass is 463 g/mol. The Labute approximate surface area is 198 Å². The highest BCUT2D eigenvalue weighted by Crippen LogP contribution is 2.43. The Balaban J connectivity index is 1.87. The van der Waals surface area contributed by atoms with Crippen LogP contribution in [-0.4, -0.2) is 29.4 Å². The summed E-state index contributed by atoms with van der Waals surface area (Å²) in [7, 11) is 1.46. The first kappa shape index (κ1) is 24.6. The lowest BCUT2D eigenvalue weighted by atomic mass is 9.78. The minimum atomic E-state index is -1.01. The summed E-state index contributed by atoms with van der Waals surface area (Å²) in [6.07, 6.45) is 2.33. The number of benzene rings is 3. The summed E-state index contributed by atoms with van der Waals surface area (Å²) in [5.74, 6) is -0.769. The molecule has 1 atom stereocenters. The number of nitrogens with one attached hydrogen (secondary N) is 1. The van der Waals surface area contributed by atoms with Gasteiger partial charge in [-0.15, -0.1) is 0 Å². The molecule has 0 bridgehead atoms. The summed E-state index contributed by atoms with van der Waals surface area (Å²) in [5.41, 5.74) is 0.639. The number of amides is 1. The Kier molecular flexibility index (Phi) is 7.79. The molecule has 0 radical (unpaired) electrons. The first-order valence-corrected chi connectivity index (χ1v) is 10.9. The lowest BCUT2D eigenvalue weighted by molar-refractivity contribution is -0.131. The standard InChI is InChI=1S/C27H29NO6/c1-27(2,16-7-6-13-24(30)31)25(19-14-15-23(33-3)22(29)17-19)34-26(32)28-21-12-8-10-18-9-4-5-11-20(18)21/h4-6,8-15,17,25,29H,7,16H2,1-3H3,(H,28,32)(H,30,31)/b13-6+/t25-/m0/s1. The third-order valence-electron chi connectivity index (χ3n) is 5.68. The van der Waals surface area contributed by atoms with Gasteiger partial charge in [-0.3, -0.25) is 5.32 Å². The van der Waals surface area contributed by atoms with Crippen molar-refractivity contribution in [2.75, 3.05) is 12.4 Å². The van der Waals surface area contributed by atoms with E-state index in [1.165, 1.54) is 13.2 Å². The van der Waals surface area contributed by atoms with Gasteiger partial charge < -0.3 is 19.7 Å². The molecule has 3 N–H and O–H groups in total. The fourth-order valence-corrected chi connectivity index (χ4v) is 3.90. The first-order chi connectivity index (χ1) is 16.2. The van der Waals surface area contributed by atoms with Crippen LogP contribution in [0.5, 0.6) is 11.5 Å². The smallest absolute Gasteiger partial charge is 0.412 e. The Morgan fingerprint density at radius 3 is 2.53 bits per heavy atom. The van der Waals surface area contributed by atoms with Gasteiger partial charge in [-0.05, 0) is 42.0 Å². The average molecular weight is 464 g/mol. The van der Waals surface area contributed by atoms with Crippen molar-refractivity contribution >= 4 is 28.5 Å². The van der Waals surface area contributed by atoms with Gasteiger partial charge in [0.15, 0.2) is 11.5 Å². The van der Waals surface area contributed by atoms with Crippen LogP contribution < -0.4 is 10.1 Å². The number of aliphatic carboxylic acids is 1. The Morgan fingerprint density at radius 2 is 1.82 bits per heavy atom. The molecule has 3 aromatic rings. The number of hydrogen-bond acceptors (Lipinski definition) is 5. The number of aromatic hydroxyl groups is 1. The van der Waals surface area contributed by atoms with Crippen molar-refractivity contribution in [3.8, 4) is 11.5 Å². The number of phenols is 1. The van der Waals surface area contributed by atoms with Crippen molar-refractivity contribution in [3.05, 3.63) is 78.4 Å². The van der Waals surface area contributed by atoms with Gasteiger partial charge in [0.05, 0.1) is 12.8 Å². The quantitative estimate of drug-likeness (QED) is 0.322. The van der Waals surface area contributed by atoms with Crippen molar-refractivity contribution in [2.24, 2.45) is 5.41 Å². The SMILES string of the molecule is COc1ccc([C@H](OC(=O)Nc2cccc3ccccc23)C(C)(C)CC/C=C/C(=O)O)cc1O. The molecule has 34 heavy (non-hydrogen) atoms. The number of rotatable bonds is 9. The maximum Gasteiger partial charge on any atom is 0.412 e. The molecule has 0 saturated carbocycles. The van der Waals surface area contributed by atoms with Gasteiger partial charge in [0.25, 0.3) is 0 Å². The molecule has 0 aliphatic carbocycles. The second-order valence-corrected chi connectivity index (χ2v) is 8.64. The molecule has 0 aliphatic heterocycles. The molecule has 7 heteroatoms. The summed E-state index contributed by atoms with van der Waals surface area (Å²) < 4.78 is 11.1. The van der Waals surface area contributed by atoms with E-state index in [9.17, 15) is 14.7 Å². The number of carbonyl (C=O) groups excluding carboxylic acids is 1. The minimum absolute atomic E-state index is 0.0652. The normalized spacial score (nSPS) is 12.4. The molecule has 0 saturated heterocycles. The van der Waals surface area contributed by atoms with Crippen LogP contribution in [0.3, 0.4) is 0 Å². The molecule has 0 spiro atoms. The van der Waals surface area contributed by atoms with Crippen LogP contribution in [0, 0.1) is 5.41 Å². The molecular weight excluding hydrogens is 434 g/mol. The van der Waals surface area contributed by atoms with E-state index >= 15 is 0 Å². The zero-order valence-electron chi connectivity index (χ0n) is 19.4. The number of carboxylic acids is 1. The van der Waals surface area contributed by atoms with Crippen molar-refractivity contribution < 1.29 is 29.3 Å². The zero-order valence-corrected chi connectivity index (χ0v) is 19.4. The van der Waals surface area contributed by atoms with Crippen molar-refractivity contribution in [1.82, 2.24) is 0 Å². The first-order valence-electron chi connectivity index (χ1n) is 10.9. The van der Waals surface area contributed by atoms with Crippen molar-refractivity contribution in [1.29, 1.82) is 0 Å². The molecule has 0 heterocycles. The molecule has 3 rings (SSSR count). The fourth-order valence-electron chi connectivity index (χ4n) is 3.90. The predicted molar refractivity (Wildman–Crippen MR) is 131 cm³/mol. The molecule has 178 valence electrons. The fraction of sp³-hybridized carbons (Fsp3) is 0.259.